The molecule has 1 aromatic carbocycles. The Morgan fingerprint density at radius 2 is 1.86 bits per heavy atom. The van der Waals surface area contributed by atoms with E-state index in [1.165, 1.54) is 13.2 Å². The van der Waals surface area contributed by atoms with Crippen molar-refractivity contribution in [2.24, 2.45) is 0 Å². The van der Waals surface area contributed by atoms with Gasteiger partial charge in [-0.05, 0) is 17.2 Å². The second kappa shape index (κ2) is 5.02. The average Bonchev–Trinajstić information content (AvgIpc) is 2.18. The first-order valence-electron chi connectivity index (χ1n) is 4.28. The predicted molar refractivity (Wildman–Crippen MR) is 57.3 cm³/mol. The SMILES string of the molecule is C=Cc1ccc(C=COC(C)=O)cc1. The maximum absolute atomic E-state index is 10.4. The second-order valence-corrected chi connectivity index (χ2v) is 2.78. The van der Waals surface area contributed by atoms with E-state index in [4.69, 9.17) is 0 Å². The summed E-state index contributed by atoms with van der Waals surface area (Å²) in [5.41, 5.74) is 2.05. The van der Waals surface area contributed by atoms with Crippen molar-refractivity contribution in [2.75, 3.05) is 0 Å². The summed E-state index contributed by atoms with van der Waals surface area (Å²) in [6, 6.07) is 7.74. The molecule has 0 N–H and O–H groups in total. The largest absolute Gasteiger partial charge is 0.435 e. The smallest absolute Gasteiger partial charge is 0.307 e. The van der Waals surface area contributed by atoms with Crippen LogP contribution in [-0.4, -0.2) is 5.97 Å². The standard InChI is InChI=1S/C12H12O2/c1-3-11-4-6-12(7-5-11)8-9-14-10(2)13/h3-9H,1H2,2H3. The third-order valence-electron chi connectivity index (χ3n) is 1.67. The van der Waals surface area contributed by atoms with Crippen molar-refractivity contribution in [3.05, 3.63) is 48.2 Å². The molecule has 0 aliphatic heterocycles. The molecule has 0 bridgehead atoms. The molecule has 72 valence electrons. The molecule has 1 aromatic rings. The quantitative estimate of drug-likeness (QED) is 0.538. The molecule has 0 unspecified atom stereocenters. The van der Waals surface area contributed by atoms with Crippen LogP contribution in [0, 0.1) is 0 Å². The monoisotopic (exact) mass is 188 g/mol. The molecule has 0 aliphatic carbocycles. The van der Waals surface area contributed by atoms with Crippen LogP contribution >= 0.6 is 0 Å². The van der Waals surface area contributed by atoms with Gasteiger partial charge in [0.25, 0.3) is 0 Å². The number of rotatable bonds is 3. The third kappa shape index (κ3) is 3.27. The molecule has 2 heteroatoms. The summed E-state index contributed by atoms with van der Waals surface area (Å²) in [7, 11) is 0. The van der Waals surface area contributed by atoms with Crippen LogP contribution in [0.5, 0.6) is 0 Å². The normalized spacial score (nSPS) is 10.1. The van der Waals surface area contributed by atoms with Gasteiger partial charge < -0.3 is 4.74 Å². The topological polar surface area (TPSA) is 26.3 Å². The lowest BCUT2D eigenvalue weighted by Crippen LogP contribution is -1.89. The van der Waals surface area contributed by atoms with Gasteiger partial charge in [-0.1, -0.05) is 36.9 Å². The van der Waals surface area contributed by atoms with Crippen molar-refractivity contribution >= 4 is 18.1 Å². The van der Waals surface area contributed by atoms with Gasteiger partial charge >= 0.3 is 5.97 Å². The molecular weight excluding hydrogens is 176 g/mol. The number of carbonyl (C=O) groups excluding carboxylic acids is 1. The first kappa shape index (κ1) is 10.3. The highest BCUT2D eigenvalue weighted by Gasteiger charge is 1.88. The van der Waals surface area contributed by atoms with Crippen LogP contribution in [0.3, 0.4) is 0 Å². The predicted octanol–water partition coefficient (Wildman–Crippen LogP) is 2.86. The van der Waals surface area contributed by atoms with E-state index < -0.39 is 0 Å². The third-order valence-corrected chi connectivity index (χ3v) is 1.67. The molecule has 14 heavy (non-hydrogen) atoms. The van der Waals surface area contributed by atoms with Crippen LogP contribution in [0.4, 0.5) is 0 Å². The van der Waals surface area contributed by atoms with Gasteiger partial charge in [-0.25, -0.2) is 0 Å². The van der Waals surface area contributed by atoms with Gasteiger partial charge in [-0.2, -0.15) is 0 Å². The Kier molecular flexibility index (Phi) is 3.68. The van der Waals surface area contributed by atoms with Gasteiger partial charge in [0.05, 0.1) is 6.26 Å². The minimum Gasteiger partial charge on any atom is -0.435 e. The Hall–Kier alpha value is -1.83. The van der Waals surface area contributed by atoms with Crippen molar-refractivity contribution in [3.63, 3.8) is 0 Å². The molecule has 0 atom stereocenters. The Balaban J connectivity index is 2.63. The number of benzene rings is 1. The maximum atomic E-state index is 10.4. The first-order valence-corrected chi connectivity index (χ1v) is 4.28. The summed E-state index contributed by atoms with van der Waals surface area (Å²) in [5, 5.41) is 0. The average molecular weight is 188 g/mol. The van der Waals surface area contributed by atoms with Crippen molar-refractivity contribution < 1.29 is 9.53 Å². The highest BCUT2D eigenvalue weighted by molar-refractivity contribution is 5.67. The Morgan fingerprint density at radius 1 is 1.29 bits per heavy atom. The molecule has 0 aliphatic rings. The number of esters is 1. The summed E-state index contributed by atoms with van der Waals surface area (Å²) < 4.78 is 4.66. The summed E-state index contributed by atoms with van der Waals surface area (Å²) in [6.07, 6.45) is 4.89. The van der Waals surface area contributed by atoms with E-state index in [0.29, 0.717) is 0 Å². The fraction of sp³-hybridized carbons (Fsp3) is 0.0833. The van der Waals surface area contributed by atoms with Crippen LogP contribution < -0.4 is 0 Å². The van der Waals surface area contributed by atoms with Crippen LogP contribution in [-0.2, 0) is 9.53 Å². The van der Waals surface area contributed by atoms with Crippen LogP contribution in [0.15, 0.2) is 37.1 Å². The summed E-state index contributed by atoms with van der Waals surface area (Å²) in [4.78, 5) is 10.4. The van der Waals surface area contributed by atoms with E-state index in [1.807, 2.05) is 24.3 Å². The first-order chi connectivity index (χ1) is 6.72. The molecule has 1 rings (SSSR count). The number of hydrogen-bond acceptors (Lipinski definition) is 2. The lowest BCUT2D eigenvalue weighted by atomic mass is 10.1. The van der Waals surface area contributed by atoms with Crippen LogP contribution in [0.2, 0.25) is 0 Å². The molecule has 0 radical (unpaired) electrons. The number of ether oxygens (including phenoxy) is 1. The van der Waals surface area contributed by atoms with E-state index in [2.05, 4.69) is 11.3 Å². The molecule has 0 saturated heterocycles. The second-order valence-electron chi connectivity index (χ2n) is 2.78. The molecule has 0 fully saturated rings. The summed E-state index contributed by atoms with van der Waals surface area (Å²) in [5.74, 6) is -0.316. The van der Waals surface area contributed by atoms with Gasteiger partial charge in [0.15, 0.2) is 0 Å². The molecule has 0 saturated carbocycles. The molecule has 0 amide bonds. The van der Waals surface area contributed by atoms with Gasteiger partial charge in [0.1, 0.15) is 0 Å². The molecule has 0 spiro atoms. The van der Waals surface area contributed by atoms with Gasteiger partial charge in [0.2, 0.25) is 0 Å². The Labute approximate surface area is 83.5 Å². The lowest BCUT2D eigenvalue weighted by Gasteiger charge is -1.95. The maximum Gasteiger partial charge on any atom is 0.307 e. The Bertz CT molecular complexity index is 347. The molecule has 0 heterocycles. The zero-order valence-electron chi connectivity index (χ0n) is 8.07. The fourth-order valence-electron chi connectivity index (χ4n) is 0.952. The van der Waals surface area contributed by atoms with Gasteiger partial charge in [-0.15, -0.1) is 0 Å². The van der Waals surface area contributed by atoms with Crippen molar-refractivity contribution in [3.8, 4) is 0 Å². The van der Waals surface area contributed by atoms with Crippen molar-refractivity contribution in [1.29, 1.82) is 0 Å². The van der Waals surface area contributed by atoms with Crippen LogP contribution in [0.1, 0.15) is 18.1 Å². The van der Waals surface area contributed by atoms with Gasteiger partial charge in [0, 0.05) is 6.92 Å². The minimum absolute atomic E-state index is 0.316. The molecule has 2 nitrogen and oxygen atoms in total. The van der Waals surface area contributed by atoms with Gasteiger partial charge in [-0.3, -0.25) is 4.79 Å². The fourth-order valence-corrected chi connectivity index (χ4v) is 0.952. The van der Waals surface area contributed by atoms with Crippen LogP contribution in [0.25, 0.3) is 12.2 Å². The number of hydrogen-bond donors (Lipinski definition) is 0. The highest BCUT2D eigenvalue weighted by Crippen LogP contribution is 2.06. The summed E-state index contributed by atoms with van der Waals surface area (Å²) in [6.45, 7) is 5.02. The van der Waals surface area contributed by atoms with Crippen molar-refractivity contribution in [2.45, 2.75) is 6.92 Å². The lowest BCUT2D eigenvalue weighted by molar-refractivity contribution is -0.135. The van der Waals surface area contributed by atoms with E-state index in [0.717, 1.165) is 11.1 Å². The van der Waals surface area contributed by atoms with E-state index in [9.17, 15) is 4.79 Å². The van der Waals surface area contributed by atoms with E-state index in [-0.39, 0.29) is 5.97 Å². The highest BCUT2D eigenvalue weighted by atomic mass is 16.5. The zero-order chi connectivity index (χ0) is 10.4. The van der Waals surface area contributed by atoms with Crippen molar-refractivity contribution in [1.82, 2.24) is 0 Å². The van der Waals surface area contributed by atoms with E-state index in [1.54, 1.807) is 12.2 Å². The number of carbonyl (C=O) groups is 1. The molecule has 0 aromatic heterocycles. The summed E-state index contributed by atoms with van der Waals surface area (Å²) >= 11 is 0. The Morgan fingerprint density at radius 3 is 2.36 bits per heavy atom. The van der Waals surface area contributed by atoms with E-state index >= 15 is 0 Å². The minimum atomic E-state index is -0.316. The molecular formula is C12H12O2. The zero-order valence-corrected chi connectivity index (χ0v) is 8.07.